The molecule has 2 rings (SSSR count). The largest absolute Gasteiger partial charge is 0.371 e. The van der Waals surface area contributed by atoms with Crippen molar-refractivity contribution in [3.05, 3.63) is 18.0 Å². The van der Waals surface area contributed by atoms with E-state index in [1.165, 1.54) is 0 Å². The first-order chi connectivity index (χ1) is 11.0. The lowest BCUT2D eigenvalue weighted by Gasteiger charge is -2.25. The number of ether oxygens (including phenoxy) is 1. The Balaban J connectivity index is 2.09. The van der Waals surface area contributed by atoms with Gasteiger partial charge in [-0.2, -0.15) is 5.10 Å². The molecule has 1 fully saturated rings. The van der Waals surface area contributed by atoms with Gasteiger partial charge in [0.25, 0.3) is 0 Å². The van der Waals surface area contributed by atoms with E-state index in [0.717, 1.165) is 5.69 Å². The normalized spacial score (nSPS) is 22.1. The fourth-order valence-electron chi connectivity index (χ4n) is 2.89. The third-order valence-electron chi connectivity index (χ3n) is 4.18. The first kappa shape index (κ1) is 17.5. The minimum atomic E-state index is -0.532. The number of nitrogens with one attached hydrogen (secondary N) is 2. The molecule has 2 heterocycles. The summed E-state index contributed by atoms with van der Waals surface area (Å²) in [5.74, 6) is -0.574. The first-order valence-electron chi connectivity index (χ1n) is 8.13. The Hall–Kier alpha value is -1.89. The maximum Gasteiger partial charge on any atom is 0.242 e. The predicted octanol–water partition coefficient (Wildman–Crippen LogP) is 0.775. The van der Waals surface area contributed by atoms with Crippen molar-refractivity contribution in [2.24, 2.45) is 18.9 Å². The monoisotopic (exact) mass is 322 g/mol. The van der Waals surface area contributed by atoms with E-state index in [0.29, 0.717) is 19.6 Å². The van der Waals surface area contributed by atoms with Crippen molar-refractivity contribution >= 4 is 11.8 Å². The number of amides is 2. The van der Waals surface area contributed by atoms with Crippen molar-refractivity contribution in [3.8, 4) is 0 Å². The summed E-state index contributed by atoms with van der Waals surface area (Å²) in [6.07, 6.45) is 2.02. The van der Waals surface area contributed by atoms with Crippen LogP contribution in [0.25, 0.3) is 0 Å². The standard InChI is InChI=1S/C16H26N4O3/c1-5-17-16(22)13(10(2)3)19-15(21)11-7-9-23-14(11)12-6-8-18-20(12)4/h6,8,10-11,13-14H,5,7,9H2,1-4H3,(H,17,22)(H,19,21)/t11-,13+,14-/m1/s1. The molecule has 1 aromatic rings. The van der Waals surface area contributed by atoms with Crippen LogP contribution < -0.4 is 10.6 Å². The second-order valence-corrected chi connectivity index (χ2v) is 6.19. The van der Waals surface area contributed by atoms with Crippen LogP contribution in [-0.2, 0) is 21.4 Å². The average molecular weight is 322 g/mol. The van der Waals surface area contributed by atoms with Gasteiger partial charge in [0.05, 0.1) is 11.6 Å². The van der Waals surface area contributed by atoms with Crippen molar-refractivity contribution in [3.63, 3.8) is 0 Å². The van der Waals surface area contributed by atoms with E-state index in [-0.39, 0.29) is 29.8 Å². The number of nitrogens with zero attached hydrogens (tertiary/aromatic N) is 2. The predicted molar refractivity (Wildman–Crippen MR) is 85.5 cm³/mol. The van der Waals surface area contributed by atoms with E-state index in [1.807, 2.05) is 33.9 Å². The van der Waals surface area contributed by atoms with Gasteiger partial charge in [-0.3, -0.25) is 14.3 Å². The van der Waals surface area contributed by atoms with Crippen LogP contribution in [0.5, 0.6) is 0 Å². The number of aryl methyl sites for hydroxylation is 1. The van der Waals surface area contributed by atoms with Gasteiger partial charge in [-0.1, -0.05) is 13.8 Å². The zero-order valence-electron chi connectivity index (χ0n) is 14.2. The lowest BCUT2D eigenvalue weighted by atomic mass is 9.96. The Morgan fingerprint density at radius 1 is 1.48 bits per heavy atom. The molecule has 0 radical (unpaired) electrons. The van der Waals surface area contributed by atoms with Crippen LogP contribution in [0.3, 0.4) is 0 Å². The van der Waals surface area contributed by atoms with Gasteiger partial charge in [0.1, 0.15) is 12.1 Å². The zero-order valence-corrected chi connectivity index (χ0v) is 14.2. The Morgan fingerprint density at radius 2 is 2.22 bits per heavy atom. The molecular formula is C16H26N4O3. The van der Waals surface area contributed by atoms with E-state index in [2.05, 4.69) is 15.7 Å². The molecule has 1 aromatic heterocycles. The van der Waals surface area contributed by atoms with Crippen molar-refractivity contribution < 1.29 is 14.3 Å². The smallest absolute Gasteiger partial charge is 0.242 e. The highest BCUT2D eigenvalue weighted by Crippen LogP contribution is 2.34. The fraction of sp³-hybridized carbons (Fsp3) is 0.688. The third kappa shape index (κ3) is 3.90. The molecule has 1 aliphatic heterocycles. The van der Waals surface area contributed by atoms with E-state index in [9.17, 15) is 9.59 Å². The van der Waals surface area contributed by atoms with Crippen LogP contribution in [0.2, 0.25) is 0 Å². The summed E-state index contributed by atoms with van der Waals surface area (Å²) in [6, 6.07) is 1.33. The van der Waals surface area contributed by atoms with Gasteiger partial charge in [-0.15, -0.1) is 0 Å². The van der Waals surface area contributed by atoms with Crippen LogP contribution in [-0.4, -0.2) is 40.8 Å². The van der Waals surface area contributed by atoms with Gasteiger partial charge < -0.3 is 15.4 Å². The molecular weight excluding hydrogens is 296 g/mol. The van der Waals surface area contributed by atoms with Gasteiger partial charge in [-0.25, -0.2) is 0 Å². The fourth-order valence-corrected chi connectivity index (χ4v) is 2.89. The molecule has 7 heteroatoms. The summed E-state index contributed by atoms with van der Waals surface area (Å²) in [7, 11) is 1.83. The van der Waals surface area contributed by atoms with Gasteiger partial charge in [0.2, 0.25) is 11.8 Å². The molecule has 0 aliphatic carbocycles. The minimum absolute atomic E-state index is 0.0166. The molecule has 0 saturated carbocycles. The van der Waals surface area contributed by atoms with Crippen molar-refractivity contribution in [2.75, 3.05) is 13.2 Å². The van der Waals surface area contributed by atoms with Crippen LogP contribution in [0.15, 0.2) is 12.3 Å². The summed E-state index contributed by atoms with van der Waals surface area (Å²) >= 11 is 0. The lowest BCUT2D eigenvalue weighted by Crippen LogP contribution is -2.51. The molecule has 1 saturated heterocycles. The Kier molecular flexibility index (Phi) is 5.76. The Labute approximate surface area is 136 Å². The van der Waals surface area contributed by atoms with Crippen LogP contribution in [0, 0.1) is 11.8 Å². The number of aromatic nitrogens is 2. The van der Waals surface area contributed by atoms with E-state index in [4.69, 9.17) is 4.74 Å². The highest BCUT2D eigenvalue weighted by atomic mass is 16.5. The highest BCUT2D eigenvalue weighted by molar-refractivity contribution is 5.89. The number of carbonyl (C=O) groups excluding carboxylic acids is 2. The van der Waals surface area contributed by atoms with Crippen LogP contribution >= 0.6 is 0 Å². The average Bonchev–Trinajstić information content (AvgIpc) is 3.12. The third-order valence-corrected chi connectivity index (χ3v) is 4.18. The Bertz CT molecular complexity index is 555. The second-order valence-electron chi connectivity index (χ2n) is 6.19. The number of likely N-dealkylation sites (N-methyl/N-ethyl adjacent to an activating group) is 1. The molecule has 0 aromatic carbocycles. The highest BCUT2D eigenvalue weighted by Gasteiger charge is 2.38. The molecule has 128 valence electrons. The van der Waals surface area contributed by atoms with Crippen molar-refractivity contribution in [1.82, 2.24) is 20.4 Å². The maximum atomic E-state index is 12.7. The van der Waals surface area contributed by atoms with Gasteiger partial charge in [-0.05, 0) is 25.3 Å². The SMILES string of the molecule is CCNC(=O)[C@@H](NC(=O)[C@@H]1CCO[C@H]1c1ccnn1C)C(C)C. The second kappa shape index (κ2) is 7.59. The lowest BCUT2D eigenvalue weighted by molar-refractivity contribution is -0.133. The molecule has 2 N–H and O–H groups in total. The summed E-state index contributed by atoms with van der Waals surface area (Å²) < 4.78 is 7.46. The number of hydrogen-bond acceptors (Lipinski definition) is 4. The van der Waals surface area contributed by atoms with Crippen LogP contribution in [0.4, 0.5) is 0 Å². The molecule has 3 atom stereocenters. The summed E-state index contributed by atoms with van der Waals surface area (Å²) in [6.45, 7) is 6.78. The quantitative estimate of drug-likeness (QED) is 0.810. The summed E-state index contributed by atoms with van der Waals surface area (Å²) in [5.41, 5.74) is 0.877. The molecule has 0 bridgehead atoms. The van der Waals surface area contributed by atoms with Gasteiger partial charge >= 0.3 is 0 Å². The number of hydrogen-bond donors (Lipinski definition) is 2. The Morgan fingerprint density at radius 3 is 2.78 bits per heavy atom. The van der Waals surface area contributed by atoms with Crippen LogP contribution in [0.1, 0.15) is 39.0 Å². The maximum absolute atomic E-state index is 12.7. The molecule has 1 aliphatic rings. The summed E-state index contributed by atoms with van der Waals surface area (Å²) in [4.78, 5) is 24.8. The number of rotatable bonds is 6. The topological polar surface area (TPSA) is 85.2 Å². The number of carbonyl (C=O) groups is 2. The van der Waals surface area contributed by atoms with Crippen molar-refractivity contribution in [1.29, 1.82) is 0 Å². The molecule has 0 unspecified atom stereocenters. The summed E-state index contributed by atoms with van der Waals surface area (Å²) in [5, 5.41) is 9.80. The molecule has 2 amide bonds. The van der Waals surface area contributed by atoms with E-state index in [1.54, 1.807) is 10.9 Å². The molecule has 0 spiro atoms. The van der Waals surface area contributed by atoms with Crippen molar-refractivity contribution in [2.45, 2.75) is 39.3 Å². The van der Waals surface area contributed by atoms with Gasteiger partial charge in [0, 0.05) is 26.4 Å². The van der Waals surface area contributed by atoms with E-state index >= 15 is 0 Å². The first-order valence-corrected chi connectivity index (χ1v) is 8.13. The molecule has 7 nitrogen and oxygen atoms in total. The van der Waals surface area contributed by atoms with E-state index < -0.39 is 6.04 Å². The molecule has 23 heavy (non-hydrogen) atoms. The van der Waals surface area contributed by atoms with Gasteiger partial charge in [0.15, 0.2) is 0 Å². The minimum Gasteiger partial charge on any atom is -0.371 e. The zero-order chi connectivity index (χ0) is 17.0.